The number of carbonyl (C=O) groups excluding carboxylic acids is 1. The molecule has 1 aromatic carbocycles. The van der Waals surface area contributed by atoms with Crippen LogP contribution in [0.25, 0.3) is 6.08 Å². The van der Waals surface area contributed by atoms with Gasteiger partial charge in [0.05, 0.1) is 13.7 Å². The van der Waals surface area contributed by atoms with Gasteiger partial charge in [0.1, 0.15) is 12.4 Å². The molecule has 0 aromatic heterocycles. The van der Waals surface area contributed by atoms with Crippen molar-refractivity contribution >= 4 is 12.0 Å². The van der Waals surface area contributed by atoms with Gasteiger partial charge in [0.2, 0.25) is 0 Å². The summed E-state index contributed by atoms with van der Waals surface area (Å²) in [6.45, 7) is 2.60. The Balaban J connectivity index is 2.71. The summed E-state index contributed by atoms with van der Waals surface area (Å²) in [7, 11) is 3.19. The molecule has 0 amide bonds. The second-order valence-corrected chi connectivity index (χ2v) is 3.93. The molecule has 0 spiro atoms. The van der Waals surface area contributed by atoms with Crippen molar-refractivity contribution in [2.45, 2.75) is 13.3 Å². The molecule has 0 saturated carbocycles. The average Bonchev–Trinajstić information content (AvgIpc) is 2.45. The maximum atomic E-state index is 11.8. The number of rotatable bonds is 7. The number of hydrogen-bond acceptors (Lipinski definition) is 4. The minimum absolute atomic E-state index is 0.273. The molecule has 1 rings (SSSR count). The lowest BCUT2D eigenvalue weighted by Gasteiger charge is -2.06. The van der Waals surface area contributed by atoms with Crippen LogP contribution in [0.2, 0.25) is 0 Å². The normalized spacial score (nSPS) is 11.2. The molecule has 0 bridgehead atoms. The highest BCUT2D eigenvalue weighted by molar-refractivity contribution is 5.93. The van der Waals surface area contributed by atoms with Crippen molar-refractivity contribution in [3.8, 4) is 5.75 Å². The summed E-state index contributed by atoms with van der Waals surface area (Å²) in [5.41, 5.74) is 1.59. The lowest BCUT2D eigenvalue weighted by molar-refractivity contribution is -0.140. The fraction of sp³-hybridized carbons (Fsp3) is 0.400. The van der Waals surface area contributed by atoms with Gasteiger partial charge < -0.3 is 14.2 Å². The fourth-order valence-corrected chi connectivity index (χ4v) is 1.52. The summed E-state index contributed by atoms with van der Waals surface area (Å²) in [5, 5.41) is 0. The quantitative estimate of drug-likeness (QED) is 0.431. The van der Waals surface area contributed by atoms with Gasteiger partial charge in [-0.15, -0.1) is 0 Å². The Morgan fingerprint density at radius 3 is 2.37 bits per heavy atom. The number of methoxy groups -OCH3 is 2. The van der Waals surface area contributed by atoms with Gasteiger partial charge in [0, 0.05) is 12.7 Å². The van der Waals surface area contributed by atoms with E-state index in [4.69, 9.17) is 14.2 Å². The van der Waals surface area contributed by atoms with Crippen LogP contribution in [0.5, 0.6) is 5.75 Å². The molecule has 4 heteroatoms. The van der Waals surface area contributed by atoms with Gasteiger partial charge in [0.15, 0.2) is 0 Å². The molecule has 104 valence electrons. The van der Waals surface area contributed by atoms with Gasteiger partial charge >= 0.3 is 5.97 Å². The van der Waals surface area contributed by atoms with Crippen molar-refractivity contribution in [3.63, 3.8) is 0 Å². The molecule has 0 aliphatic heterocycles. The van der Waals surface area contributed by atoms with Gasteiger partial charge in [-0.1, -0.05) is 19.1 Å². The Bertz CT molecular complexity index is 420. The highest BCUT2D eigenvalue weighted by Gasteiger charge is 2.08. The van der Waals surface area contributed by atoms with Crippen molar-refractivity contribution in [1.29, 1.82) is 0 Å². The number of hydrogen-bond donors (Lipinski definition) is 0. The van der Waals surface area contributed by atoms with Crippen LogP contribution in [-0.4, -0.2) is 33.4 Å². The minimum atomic E-state index is -0.296. The first-order valence-corrected chi connectivity index (χ1v) is 6.22. The molecule has 0 fully saturated rings. The summed E-state index contributed by atoms with van der Waals surface area (Å²) in [5.74, 6) is 0.494. The summed E-state index contributed by atoms with van der Waals surface area (Å²) < 4.78 is 15.0. The lowest BCUT2D eigenvalue weighted by Crippen LogP contribution is -2.11. The first-order chi connectivity index (χ1) is 9.21. The molecule has 19 heavy (non-hydrogen) atoms. The van der Waals surface area contributed by atoms with E-state index < -0.39 is 0 Å². The Morgan fingerprint density at radius 1 is 1.16 bits per heavy atom. The third-order valence-electron chi connectivity index (χ3n) is 2.62. The molecular weight excluding hydrogens is 244 g/mol. The van der Waals surface area contributed by atoms with E-state index in [1.807, 2.05) is 37.3 Å². The van der Waals surface area contributed by atoms with Crippen LogP contribution in [0, 0.1) is 0 Å². The van der Waals surface area contributed by atoms with Crippen LogP contribution in [0.1, 0.15) is 18.9 Å². The van der Waals surface area contributed by atoms with E-state index in [-0.39, 0.29) is 12.6 Å². The summed E-state index contributed by atoms with van der Waals surface area (Å²) in [6.07, 6.45) is 2.45. The van der Waals surface area contributed by atoms with Crippen molar-refractivity contribution < 1.29 is 19.0 Å². The van der Waals surface area contributed by atoms with Crippen LogP contribution in [0.3, 0.4) is 0 Å². The van der Waals surface area contributed by atoms with Gasteiger partial charge in [-0.25, -0.2) is 4.79 Å². The zero-order chi connectivity index (χ0) is 14.1. The zero-order valence-corrected chi connectivity index (χ0v) is 11.6. The standard InChI is InChI=1S/C15H20O4/c1-4-13(15(16)19-10-9-17-2)11-12-5-7-14(18-3)8-6-12/h5-8,11H,4,9-10H2,1-3H3. The maximum Gasteiger partial charge on any atom is 0.334 e. The van der Waals surface area contributed by atoms with E-state index in [2.05, 4.69) is 0 Å². The second-order valence-electron chi connectivity index (χ2n) is 3.93. The zero-order valence-electron chi connectivity index (χ0n) is 11.6. The van der Waals surface area contributed by atoms with Gasteiger partial charge in [-0.05, 0) is 30.2 Å². The molecule has 0 heterocycles. The summed E-state index contributed by atoms with van der Waals surface area (Å²) in [6, 6.07) is 7.51. The van der Waals surface area contributed by atoms with Gasteiger partial charge in [-0.3, -0.25) is 0 Å². The first-order valence-electron chi connectivity index (χ1n) is 6.22. The molecule has 1 aromatic rings. The van der Waals surface area contributed by atoms with E-state index in [1.165, 1.54) is 0 Å². The SMILES string of the molecule is CCC(=Cc1ccc(OC)cc1)C(=O)OCCOC. The summed E-state index contributed by atoms with van der Waals surface area (Å²) >= 11 is 0. The molecule has 0 aliphatic rings. The van der Waals surface area contributed by atoms with E-state index in [0.717, 1.165) is 11.3 Å². The Kier molecular flexibility index (Phi) is 6.68. The van der Waals surface area contributed by atoms with E-state index in [0.29, 0.717) is 18.6 Å². The minimum Gasteiger partial charge on any atom is -0.497 e. The fourth-order valence-electron chi connectivity index (χ4n) is 1.52. The van der Waals surface area contributed by atoms with Crippen LogP contribution in [0.4, 0.5) is 0 Å². The van der Waals surface area contributed by atoms with Crippen LogP contribution in [0.15, 0.2) is 29.8 Å². The van der Waals surface area contributed by atoms with Crippen molar-refractivity contribution in [1.82, 2.24) is 0 Å². The number of ether oxygens (including phenoxy) is 3. The molecule has 0 aliphatic carbocycles. The van der Waals surface area contributed by atoms with Crippen LogP contribution >= 0.6 is 0 Å². The van der Waals surface area contributed by atoms with Crippen molar-refractivity contribution in [2.75, 3.05) is 27.4 Å². The maximum absolute atomic E-state index is 11.8. The summed E-state index contributed by atoms with van der Waals surface area (Å²) in [4.78, 5) is 11.8. The van der Waals surface area contributed by atoms with Gasteiger partial charge in [0.25, 0.3) is 0 Å². The van der Waals surface area contributed by atoms with Gasteiger partial charge in [-0.2, -0.15) is 0 Å². The lowest BCUT2D eigenvalue weighted by atomic mass is 10.1. The second kappa shape index (κ2) is 8.32. The third-order valence-corrected chi connectivity index (χ3v) is 2.62. The predicted molar refractivity (Wildman–Crippen MR) is 74.1 cm³/mol. The van der Waals surface area contributed by atoms with Crippen molar-refractivity contribution in [3.05, 3.63) is 35.4 Å². The topological polar surface area (TPSA) is 44.8 Å². The van der Waals surface area contributed by atoms with Crippen LogP contribution < -0.4 is 4.74 Å². The highest BCUT2D eigenvalue weighted by atomic mass is 16.6. The third kappa shape index (κ3) is 5.14. The molecule has 0 saturated heterocycles. The highest BCUT2D eigenvalue weighted by Crippen LogP contribution is 2.15. The Morgan fingerprint density at radius 2 is 1.84 bits per heavy atom. The Labute approximate surface area is 114 Å². The number of carbonyl (C=O) groups is 1. The molecule has 4 nitrogen and oxygen atoms in total. The van der Waals surface area contributed by atoms with E-state index >= 15 is 0 Å². The monoisotopic (exact) mass is 264 g/mol. The van der Waals surface area contributed by atoms with Crippen molar-refractivity contribution in [2.24, 2.45) is 0 Å². The molecule has 0 N–H and O–H groups in total. The van der Waals surface area contributed by atoms with Crippen LogP contribution in [-0.2, 0) is 14.3 Å². The average molecular weight is 264 g/mol. The predicted octanol–water partition coefficient (Wildman–Crippen LogP) is 2.68. The van der Waals surface area contributed by atoms with E-state index in [9.17, 15) is 4.79 Å². The number of esters is 1. The largest absolute Gasteiger partial charge is 0.497 e. The Hall–Kier alpha value is -1.81. The molecule has 0 unspecified atom stereocenters. The van der Waals surface area contributed by atoms with E-state index in [1.54, 1.807) is 14.2 Å². The first kappa shape index (κ1) is 15.2. The molecular formula is C15H20O4. The molecule has 0 atom stereocenters. The smallest absolute Gasteiger partial charge is 0.334 e. The molecule has 0 radical (unpaired) electrons. The number of benzene rings is 1.